The van der Waals surface area contributed by atoms with Crippen molar-refractivity contribution in [3.05, 3.63) is 12.3 Å². The molecule has 0 aromatic rings. The first-order chi connectivity index (χ1) is 6.47. The first kappa shape index (κ1) is 12.1. The Labute approximate surface area is 85.6 Å². The van der Waals surface area contributed by atoms with Crippen LogP contribution in [0.4, 0.5) is 13.2 Å². The Morgan fingerprint density at radius 1 is 1.29 bits per heavy atom. The second-order valence-electron chi connectivity index (χ2n) is 2.60. The van der Waals surface area contributed by atoms with Gasteiger partial charge in [0.05, 0.1) is 0 Å². The Morgan fingerprint density at radius 2 is 1.86 bits per heavy atom. The first-order valence-corrected chi connectivity index (χ1v) is 7.43. The average Bonchev–Trinajstić information content (AvgIpc) is 2.15. The molecule has 0 spiro atoms. The second-order valence-corrected chi connectivity index (χ2v) is 7.92. The standard InChI is InChI=1S/C5H7F3O3Si3/c1-2-14(4-3-5(6,7)8)10-12-9-13-11-14/h2H,1,3-4H2. The molecule has 4 radical (unpaired) electrons. The maximum Gasteiger partial charge on any atom is 0.413 e. The molecule has 1 rings (SSSR count). The van der Waals surface area contributed by atoms with Crippen molar-refractivity contribution in [1.82, 2.24) is 0 Å². The van der Waals surface area contributed by atoms with E-state index in [-0.39, 0.29) is 26.1 Å². The van der Waals surface area contributed by atoms with Gasteiger partial charge < -0.3 is 12.3 Å². The van der Waals surface area contributed by atoms with Crippen molar-refractivity contribution in [2.24, 2.45) is 0 Å². The average molecular weight is 256 g/mol. The Balaban J connectivity index is 2.48. The fourth-order valence-electron chi connectivity index (χ4n) is 0.824. The maximum atomic E-state index is 12.0. The first-order valence-electron chi connectivity index (χ1n) is 3.70. The third-order valence-electron chi connectivity index (χ3n) is 1.58. The molecular weight excluding hydrogens is 249 g/mol. The lowest BCUT2D eigenvalue weighted by Gasteiger charge is -2.30. The van der Waals surface area contributed by atoms with E-state index in [1.807, 2.05) is 0 Å². The minimum absolute atomic E-state index is 0.149. The smallest absolute Gasteiger partial charge is 0.412 e. The van der Waals surface area contributed by atoms with Crippen LogP contribution in [0.3, 0.4) is 0 Å². The maximum absolute atomic E-state index is 12.0. The second kappa shape index (κ2) is 4.72. The zero-order valence-electron chi connectivity index (χ0n) is 7.06. The molecule has 1 aliphatic heterocycles. The number of hydrogen-bond acceptors (Lipinski definition) is 3. The summed E-state index contributed by atoms with van der Waals surface area (Å²) in [5.41, 5.74) is 1.38. The molecule has 0 N–H and O–H groups in total. The summed E-state index contributed by atoms with van der Waals surface area (Å²) >= 11 is 0. The molecule has 0 atom stereocenters. The van der Waals surface area contributed by atoms with Crippen LogP contribution in [0.1, 0.15) is 6.42 Å². The monoisotopic (exact) mass is 256 g/mol. The van der Waals surface area contributed by atoms with Gasteiger partial charge in [0.1, 0.15) is 0 Å². The van der Waals surface area contributed by atoms with E-state index >= 15 is 0 Å². The predicted molar refractivity (Wildman–Crippen MR) is 46.2 cm³/mol. The normalized spacial score (nSPS) is 21.9. The van der Waals surface area contributed by atoms with Gasteiger partial charge >= 0.3 is 34.8 Å². The van der Waals surface area contributed by atoms with Crippen LogP contribution in [0, 0.1) is 0 Å². The van der Waals surface area contributed by atoms with Crippen LogP contribution in [-0.2, 0) is 12.3 Å². The van der Waals surface area contributed by atoms with Gasteiger partial charge in [0.2, 0.25) is 0 Å². The quantitative estimate of drug-likeness (QED) is 0.711. The molecule has 3 nitrogen and oxygen atoms in total. The highest BCUT2D eigenvalue weighted by molar-refractivity contribution is 6.80. The molecule has 14 heavy (non-hydrogen) atoms. The van der Waals surface area contributed by atoms with Crippen LogP contribution < -0.4 is 0 Å². The van der Waals surface area contributed by atoms with Crippen molar-refractivity contribution in [2.45, 2.75) is 18.6 Å². The van der Waals surface area contributed by atoms with Crippen LogP contribution in [0.2, 0.25) is 6.04 Å². The Hall–Kier alpha value is 0.0606. The van der Waals surface area contributed by atoms with Gasteiger partial charge in [0.15, 0.2) is 0 Å². The SMILES string of the molecule is C=C[Si]1(CCC(F)(F)F)O[Si]O[Si]O1. The predicted octanol–water partition coefficient (Wildman–Crippen LogP) is 1.24. The topological polar surface area (TPSA) is 27.7 Å². The van der Waals surface area contributed by atoms with Gasteiger partial charge in [0.25, 0.3) is 0 Å². The van der Waals surface area contributed by atoms with Crippen LogP contribution >= 0.6 is 0 Å². The highest BCUT2D eigenvalue weighted by Gasteiger charge is 2.42. The van der Waals surface area contributed by atoms with E-state index in [2.05, 4.69) is 6.58 Å². The van der Waals surface area contributed by atoms with Gasteiger partial charge in [-0.3, -0.25) is 0 Å². The lowest BCUT2D eigenvalue weighted by molar-refractivity contribution is -0.131. The van der Waals surface area contributed by atoms with Crippen LogP contribution in [-0.4, -0.2) is 34.8 Å². The Bertz CT molecular complexity index is 204. The van der Waals surface area contributed by atoms with Gasteiger partial charge in [-0.25, -0.2) is 0 Å². The van der Waals surface area contributed by atoms with E-state index in [0.717, 1.165) is 0 Å². The molecule has 0 bridgehead atoms. The Morgan fingerprint density at radius 3 is 2.29 bits per heavy atom. The number of hydrogen-bond donors (Lipinski definition) is 0. The molecule has 0 amide bonds. The molecule has 1 aliphatic rings. The van der Waals surface area contributed by atoms with E-state index in [1.165, 1.54) is 5.70 Å². The summed E-state index contributed by atoms with van der Waals surface area (Å²) in [6.07, 6.45) is -5.08. The summed E-state index contributed by atoms with van der Waals surface area (Å²) in [6.45, 7) is 3.45. The zero-order chi connectivity index (χ0) is 10.7. The fraction of sp³-hybridized carbons (Fsp3) is 0.600. The van der Waals surface area contributed by atoms with Crippen LogP contribution in [0.25, 0.3) is 0 Å². The molecule has 1 saturated heterocycles. The molecular formula is C5H7F3O3Si3. The molecule has 0 saturated carbocycles. The van der Waals surface area contributed by atoms with Crippen molar-refractivity contribution < 1.29 is 25.5 Å². The lowest BCUT2D eigenvalue weighted by atomic mass is 10.5. The molecule has 0 aromatic heterocycles. The number of halogens is 3. The van der Waals surface area contributed by atoms with Crippen molar-refractivity contribution in [1.29, 1.82) is 0 Å². The van der Waals surface area contributed by atoms with E-state index in [1.54, 1.807) is 0 Å². The zero-order valence-corrected chi connectivity index (χ0v) is 10.1. The molecule has 1 heterocycles. The molecule has 1 fully saturated rings. The summed E-state index contributed by atoms with van der Waals surface area (Å²) < 4.78 is 50.9. The highest BCUT2D eigenvalue weighted by Crippen LogP contribution is 2.28. The van der Waals surface area contributed by atoms with Gasteiger partial charge in [-0.1, -0.05) is 5.70 Å². The summed E-state index contributed by atoms with van der Waals surface area (Å²) in [7, 11) is -3.30. The third kappa shape index (κ3) is 3.67. The van der Waals surface area contributed by atoms with Crippen molar-refractivity contribution in [3.63, 3.8) is 0 Å². The fourth-order valence-corrected chi connectivity index (χ4v) is 6.03. The van der Waals surface area contributed by atoms with E-state index in [0.29, 0.717) is 0 Å². The van der Waals surface area contributed by atoms with Crippen LogP contribution in [0.5, 0.6) is 0 Å². The minimum atomic E-state index is -4.18. The van der Waals surface area contributed by atoms with Gasteiger partial charge in [-0.05, 0) is 0 Å². The van der Waals surface area contributed by atoms with E-state index < -0.39 is 21.2 Å². The summed E-state index contributed by atoms with van der Waals surface area (Å²) in [5.74, 6) is 0. The van der Waals surface area contributed by atoms with E-state index in [9.17, 15) is 13.2 Å². The van der Waals surface area contributed by atoms with Gasteiger partial charge in [0, 0.05) is 12.5 Å². The van der Waals surface area contributed by atoms with Gasteiger partial charge in [-0.2, -0.15) is 13.2 Å². The summed E-state index contributed by atoms with van der Waals surface area (Å²) in [4.78, 5) is 0. The molecule has 0 aromatic carbocycles. The minimum Gasteiger partial charge on any atom is -0.412 e. The van der Waals surface area contributed by atoms with Crippen LogP contribution in [0.15, 0.2) is 12.3 Å². The highest BCUT2D eigenvalue weighted by atomic mass is 28.5. The largest absolute Gasteiger partial charge is 0.413 e. The lowest BCUT2D eigenvalue weighted by Crippen LogP contribution is -2.48. The van der Waals surface area contributed by atoms with Crippen molar-refractivity contribution >= 4 is 28.6 Å². The van der Waals surface area contributed by atoms with E-state index in [4.69, 9.17) is 12.3 Å². The number of alkyl halides is 3. The molecule has 9 heteroatoms. The third-order valence-corrected chi connectivity index (χ3v) is 7.25. The Kier molecular flexibility index (Phi) is 4.09. The van der Waals surface area contributed by atoms with Gasteiger partial charge in [-0.15, -0.1) is 6.58 Å². The number of rotatable bonds is 3. The molecule has 0 aliphatic carbocycles. The van der Waals surface area contributed by atoms with Crippen molar-refractivity contribution in [3.8, 4) is 0 Å². The summed E-state index contributed by atoms with van der Waals surface area (Å²) in [5, 5.41) is 0. The molecule has 78 valence electrons. The summed E-state index contributed by atoms with van der Waals surface area (Å²) in [6, 6.07) is -0.149. The molecule has 0 unspecified atom stereocenters. The van der Waals surface area contributed by atoms with Crippen molar-refractivity contribution in [2.75, 3.05) is 0 Å².